The highest BCUT2D eigenvalue weighted by Crippen LogP contribution is 2.36. The molecule has 0 bridgehead atoms. The van der Waals surface area contributed by atoms with Crippen LogP contribution in [0.4, 0.5) is 0 Å². The van der Waals surface area contributed by atoms with Crippen LogP contribution in [0.15, 0.2) is 27.8 Å². The molecule has 1 aliphatic heterocycles. The molecule has 1 unspecified atom stereocenters. The van der Waals surface area contributed by atoms with Crippen molar-refractivity contribution in [3.8, 4) is 0 Å². The second-order valence-electron chi connectivity index (χ2n) is 6.59. The van der Waals surface area contributed by atoms with E-state index in [-0.39, 0.29) is 11.9 Å². The van der Waals surface area contributed by atoms with Crippen molar-refractivity contribution in [3.05, 3.63) is 24.2 Å². The number of aliphatic imine (C=N–C) groups is 1. The third-order valence-electron chi connectivity index (χ3n) is 4.74. The minimum atomic E-state index is -0.320. The SMILES string of the molecule is CN=C(NCCc1ccco1)NCC1COC2(CCCCCC2)O1. The Morgan fingerprint density at radius 2 is 2.08 bits per heavy atom. The Bertz CT molecular complexity index is 508. The third kappa shape index (κ3) is 4.74. The Morgan fingerprint density at radius 3 is 2.79 bits per heavy atom. The zero-order valence-corrected chi connectivity index (χ0v) is 14.6. The first-order chi connectivity index (χ1) is 11.8. The van der Waals surface area contributed by atoms with Crippen LogP contribution < -0.4 is 10.6 Å². The van der Waals surface area contributed by atoms with Gasteiger partial charge in [-0.05, 0) is 25.0 Å². The van der Waals surface area contributed by atoms with Gasteiger partial charge in [-0.25, -0.2) is 0 Å². The van der Waals surface area contributed by atoms with Gasteiger partial charge >= 0.3 is 0 Å². The fraction of sp³-hybridized carbons (Fsp3) is 0.722. The maximum absolute atomic E-state index is 6.25. The van der Waals surface area contributed by atoms with Crippen LogP contribution in [0, 0.1) is 0 Å². The Morgan fingerprint density at radius 1 is 1.25 bits per heavy atom. The van der Waals surface area contributed by atoms with E-state index in [0.717, 1.165) is 37.5 Å². The second-order valence-corrected chi connectivity index (χ2v) is 6.59. The number of rotatable bonds is 5. The molecule has 6 heteroatoms. The van der Waals surface area contributed by atoms with E-state index in [1.807, 2.05) is 12.1 Å². The van der Waals surface area contributed by atoms with E-state index in [4.69, 9.17) is 13.9 Å². The second kappa shape index (κ2) is 8.53. The fourth-order valence-corrected chi connectivity index (χ4v) is 3.44. The van der Waals surface area contributed by atoms with Crippen molar-refractivity contribution >= 4 is 5.96 Å². The van der Waals surface area contributed by atoms with Crippen LogP contribution in [-0.2, 0) is 15.9 Å². The lowest BCUT2D eigenvalue weighted by molar-refractivity contribution is -0.175. The van der Waals surface area contributed by atoms with Gasteiger partial charge in [-0.15, -0.1) is 0 Å². The summed E-state index contributed by atoms with van der Waals surface area (Å²) in [5, 5.41) is 6.63. The molecule has 134 valence electrons. The minimum absolute atomic E-state index is 0.0896. The number of hydrogen-bond acceptors (Lipinski definition) is 4. The quantitative estimate of drug-likeness (QED) is 0.639. The number of furan rings is 1. The van der Waals surface area contributed by atoms with E-state index in [9.17, 15) is 0 Å². The minimum Gasteiger partial charge on any atom is -0.469 e. The summed E-state index contributed by atoms with van der Waals surface area (Å²) in [6, 6.07) is 3.89. The van der Waals surface area contributed by atoms with Gasteiger partial charge in [-0.3, -0.25) is 4.99 Å². The molecule has 1 saturated heterocycles. The number of guanidine groups is 1. The van der Waals surface area contributed by atoms with Gasteiger partial charge in [0.15, 0.2) is 11.7 Å². The normalized spacial score (nSPS) is 24.0. The molecule has 1 spiro atoms. The highest BCUT2D eigenvalue weighted by molar-refractivity contribution is 5.79. The van der Waals surface area contributed by atoms with E-state index >= 15 is 0 Å². The molecular formula is C18H29N3O3. The molecule has 1 aliphatic carbocycles. The summed E-state index contributed by atoms with van der Waals surface area (Å²) in [7, 11) is 1.78. The van der Waals surface area contributed by atoms with Crippen molar-refractivity contribution in [1.82, 2.24) is 10.6 Å². The predicted molar refractivity (Wildman–Crippen MR) is 93.0 cm³/mol. The van der Waals surface area contributed by atoms with Crippen LogP contribution in [0.5, 0.6) is 0 Å². The first-order valence-electron chi connectivity index (χ1n) is 9.08. The standard InChI is InChI=1S/C18H29N3O3/c1-19-17(20-11-8-15-7-6-12-22-15)21-13-16-14-23-18(24-16)9-4-2-3-5-10-18/h6-7,12,16H,2-5,8-11,13-14H2,1H3,(H2,19,20,21). The maximum Gasteiger partial charge on any atom is 0.191 e. The molecule has 3 rings (SSSR count). The lowest BCUT2D eigenvalue weighted by Crippen LogP contribution is -2.43. The average Bonchev–Trinajstić information content (AvgIpc) is 3.18. The van der Waals surface area contributed by atoms with Crippen molar-refractivity contribution in [2.24, 2.45) is 4.99 Å². The van der Waals surface area contributed by atoms with Crippen LogP contribution >= 0.6 is 0 Å². The Balaban J connectivity index is 1.38. The summed E-state index contributed by atoms with van der Waals surface area (Å²) < 4.78 is 17.6. The van der Waals surface area contributed by atoms with E-state index in [2.05, 4.69) is 15.6 Å². The van der Waals surface area contributed by atoms with Crippen LogP contribution in [0.1, 0.15) is 44.3 Å². The molecule has 0 radical (unpaired) electrons. The number of hydrogen-bond donors (Lipinski definition) is 2. The molecule has 0 amide bonds. The molecule has 1 saturated carbocycles. The molecule has 1 aromatic rings. The van der Waals surface area contributed by atoms with Gasteiger partial charge in [-0.2, -0.15) is 0 Å². The fourth-order valence-electron chi connectivity index (χ4n) is 3.44. The van der Waals surface area contributed by atoms with Crippen molar-refractivity contribution in [3.63, 3.8) is 0 Å². The molecule has 1 atom stereocenters. The van der Waals surface area contributed by atoms with Gasteiger partial charge < -0.3 is 24.5 Å². The van der Waals surface area contributed by atoms with E-state index in [0.29, 0.717) is 13.2 Å². The van der Waals surface area contributed by atoms with Gasteiger partial charge in [0, 0.05) is 39.4 Å². The van der Waals surface area contributed by atoms with Gasteiger partial charge in [0.2, 0.25) is 0 Å². The topological polar surface area (TPSA) is 68.0 Å². The number of nitrogens with zero attached hydrogens (tertiary/aromatic N) is 1. The Labute approximate surface area is 144 Å². The molecular weight excluding hydrogens is 306 g/mol. The van der Waals surface area contributed by atoms with Gasteiger partial charge in [-0.1, -0.05) is 12.8 Å². The summed E-state index contributed by atoms with van der Waals surface area (Å²) in [6.45, 7) is 2.15. The van der Waals surface area contributed by atoms with Crippen LogP contribution in [-0.4, -0.2) is 44.6 Å². The monoisotopic (exact) mass is 335 g/mol. The predicted octanol–water partition coefficient (Wildman–Crippen LogP) is 2.45. The molecule has 2 N–H and O–H groups in total. The van der Waals surface area contributed by atoms with Gasteiger partial charge in [0.1, 0.15) is 11.9 Å². The first-order valence-corrected chi connectivity index (χ1v) is 9.08. The third-order valence-corrected chi connectivity index (χ3v) is 4.74. The summed E-state index contributed by atoms with van der Waals surface area (Å²) in [5.41, 5.74) is 0. The highest BCUT2D eigenvalue weighted by atomic mass is 16.7. The van der Waals surface area contributed by atoms with Crippen LogP contribution in [0.2, 0.25) is 0 Å². The lowest BCUT2D eigenvalue weighted by Gasteiger charge is -2.26. The number of nitrogens with one attached hydrogen (secondary N) is 2. The molecule has 2 fully saturated rings. The molecule has 6 nitrogen and oxygen atoms in total. The highest BCUT2D eigenvalue weighted by Gasteiger charge is 2.41. The van der Waals surface area contributed by atoms with Crippen LogP contribution in [0.25, 0.3) is 0 Å². The van der Waals surface area contributed by atoms with Crippen molar-refractivity contribution < 1.29 is 13.9 Å². The maximum atomic E-state index is 6.25. The zero-order chi connectivity index (χ0) is 16.7. The molecule has 1 aromatic heterocycles. The van der Waals surface area contributed by atoms with Crippen molar-refractivity contribution in [1.29, 1.82) is 0 Å². The lowest BCUT2D eigenvalue weighted by atomic mass is 10.1. The summed E-state index contributed by atoms with van der Waals surface area (Å²) in [5.74, 6) is 1.44. The first kappa shape index (κ1) is 17.3. The smallest absolute Gasteiger partial charge is 0.191 e. The van der Waals surface area contributed by atoms with E-state index in [1.54, 1.807) is 13.3 Å². The Hall–Kier alpha value is -1.53. The van der Waals surface area contributed by atoms with Crippen LogP contribution in [0.3, 0.4) is 0 Å². The number of ether oxygens (including phenoxy) is 2. The summed E-state index contributed by atoms with van der Waals surface area (Å²) >= 11 is 0. The van der Waals surface area contributed by atoms with Crippen molar-refractivity contribution in [2.45, 2.75) is 56.8 Å². The Kier molecular flexibility index (Phi) is 6.15. The summed E-state index contributed by atoms with van der Waals surface area (Å²) in [6.07, 6.45) is 9.67. The molecule has 0 aromatic carbocycles. The zero-order valence-electron chi connectivity index (χ0n) is 14.6. The average molecular weight is 335 g/mol. The van der Waals surface area contributed by atoms with E-state index in [1.165, 1.54) is 25.7 Å². The molecule has 2 aliphatic rings. The summed E-state index contributed by atoms with van der Waals surface area (Å²) in [4.78, 5) is 4.25. The van der Waals surface area contributed by atoms with E-state index < -0.39 is 0 Å². The molecule has 2 heterocycles. The molecule has 24 heavy (non-hydrogen) atoms. The van der Waals surface area contributed by atoms with Gasteiger partial charge in [0.05, 0.1) is 12.9 Å². The van der Waals surface area contributed by atoms with Crippen molar-refractivity contribution in [2.75, 3.05) is 26.7 Å². The largest absolute Gasteiger partial charge is 0.469 e. The van der Waals surface area contributed by atoms with Gasteiger partial charge in [0.25, 0.3) is 0 Å².